The molecular formula is C17H17NO4. The largest absolute Gasteiger partial charge is 0.484 e. The van der Waals surface area contributed by atoms with E-state index in [1.54, 1.807) is 18.2 Å². The van der Waals surface area contributed by atoms with Gasteiger partial charge in [-0.2, -0.15) is 0 Å². The first-order valence-electron chi connectivity index (χ1n) is 7.09. The second kappa shape index (κ2) is 6.39. The summed E-state index contributed by atoms with van der Waals surface area (Å²) in [5.74, 6) is 1.73. The van der Waals surface area contributed by atoms with Crippen molar-refractivity contribution in [2.75, 3.05) is 13.4 Å². The molecule has 0 aliphatic carbocycles. The molecule has 2 aromatic rings. The number of nitrogens with one attached hydrogen (secondary N) is 1. The fourth-order valence-electron chi connectivity index (χ4n) is 2.22. The Kier molecular flexibility index (Phi) is 4.14. The average Bonchev–Trinajstić information content (AvgIpc) is 3.01. The molecule has 3 rings (SSSR count). The van der Waals surface area contributed by atoms with Gasteiger partial charge in [0.05, 0.1) is 6.04 Å². The molecule has 114 valence electrons. The Balaban J connectivity index is 1.52. The fourth-order valence-corrected chi connectivity index (χ4v) is 2.22. The molecule has 0 aromatic heterocycles. The number of hydrogen-bond acceptors (Lipinski definition) is 4. The van der Waals surface area contributed by atoms with Gasteiger partial charge in [-0.05, 0) is 24.6 Å². The molecule has 1 N–H and O–H groups in total. The molecule has 1 aliphatic heterocycles. The first-order chi connectivity index (χ1) is 10.7. The molecule has 1 atom stereocenters. The number of fused-ring (bicyclic) bond motifs is 1. The van der Waals surface area contributed by atoms with E-state index in [2.05, 4.69) is 5.32 Å². The van der Waals surface area contributed by atoms with Crippen molar-refractivity contribution >= 4 is 5.91 Å². The van der Waals surface area contributed by atoms with Crippen LogP contribution in [-0.4, -0.2) is 19.3 Å². The van der Waals surface area contributed by atoms with E-state index >= 15 is 0 Å². The minimum atomic E-state index is -0.172. The van der Waals surface area contributed by atoms with Gasteiger partial charge >= 0.3 is 0 Å². The molecule has 1 aliphatic rings. The monoisotopic (exact) mass is 299 g/mol. The van der Waals surface area contributed by atoms with E-state index in [0.29, 0.717) is 17.2 Å². The van der Waals surface area contributed by atoms with Crippen molar-refractivity contribution in [2.45, 2.75) is 13.0 Å². The standard InChI is InChI=1S/C17H17NO4/c1-12(13-5-3-2-4-6-13)18-17(19)10-20-14-7-8-15-16(9-14)22-11-21-15/h2-9,12H,10-11H2,1H3,(H,18,19). The van der Waals surface area contributed by atoms with Crippen LogP contribution in [0.15, 0.2) is 48.5 Å². The molecule has 0 saturated heterocycles. The van der Waals surface area contributed by atoms with Crippen molar-refractivity contribution < 1.29 is 19.0 Å². The summed E-state index contributed by atoms with van der Waals surface area (Å²) < 4.78 is 16.0. The topological polar surface area (TPSA) is 56.8 Å². The highest BCUT2D eigenvalue weighted by Crippen LogP contribution is 2.35. The fraction of sp³-hybridized carbons (Fsp3) is 0.235. The molecule has 0 fully saturated rings. The molecule has 1 unspecified atom stereocenters. The number of hydrogen-bond donors (Lipinski definition) is 1. The summed E-state index contributed by atoms with van der Waals surface area (Å²) >= 11 is 0. The van der Waals surface area contributed by atoms with Crippen molar-refractivity contribution in [3.05, 3.63) is 54.1 Å². The Morgan fingerprint density at radius 1 is 1.18 bits per heavy atom. The van der Waals surface area contributed by atoms with Crippen LogP contribution in [0.5, 0.6) is 17.2 Å². The Hall–Kier alpha value is -2.69. The van der Waals surface area contributed by atoms with Crippen molar-refractivity contribution in [2.24, 2.45) is 0 Å². The van der Waals surface area contributed by atoms with E-state index in [1.807, 2.05) is 37.3 Å². The molecule has 1 amide bonds. The van der Waals surface area contributed by atoms with Gasteiger partial charge in [0.25, 0.3) is 5.91 Å². The zero-order valence-electron chi connectivity index (χ0n) is 12.2. The van der Waals surface area contributed by atoms with E-state index in [4.69, 9.17) is 14.2 Å². The lowest BCUT2D eigenvalue weighted by molar-refractivity contribution is -0.123. The highest BCUT2D eigenvalue weighted by atomic mass is 16.7. The van der Waals surface area contributed by atoms with Crippen LogP contribution >= 0.6 is 0 Å². The van der Waals surface area contributed by atoms with Gasteiger partial charge in [-0.25, -0.2) is 0 Å². The minimum absolute atomic E-state index is 0.0448. The Bertz CT molecular complexity index is 657. The third-order valence-electron chi connectivity index (χ3n) is 3.39. The third-order valence-corrected chi connectivity index (χ3v) is 3.39. The van der Waals surface area contributed by atoms with E-state index < -0.39 is 0 Å². The minimum Gasteiger partial charge on any atom is -0.484 e. The van der Waals surface area contributed by atoms with Crippen LogP contribution < -0.4 is 19.5 Å². The second-order valence-electron chi connectivity index (χ2n) is 5.00. The van der Waals surface area contributed by atoms with E-state index in [0.717, 1.165) is 5.56 Å². The van der Waals surface area contributed by atoms with Gasteiger partial charge in [-0.3, -0.25) is 4.79 Å². The molecule has 0 spiro atoms. The number of carbonyl (C=O) groups excluding carboxylic acids is 1. The smallest absolute Gasteiger partial charge is 0.258 e. The van der Waals surface area contributed by atoms with Gasteiger partial charge in [-0.1, -0.05) is 30.3 Å². The molecule has 5 heteroatoms. The third kappa shape index (κ3) is 3.31. The van der Waals surface area contributed by atoms with Gasteiger partial charge < -0.3 is 19.5 Å². The number of rotatable bonds is 5. The molecule has 1 heterocycles. The van der Waals surface area contributed by atoms with Crippen molar-refractivity contribution in [1.29, 1.82) is 0 Å². The van der Waals surface area contributed by atoms with Crippen LogP contribution in [0.3, 0.4) is 0 Å². The molecule has 0 saturated carbocycles. The van der Waals surface area contributed by atoms with Gasteiger partial charge in [0, 0.05) is 6.07 Å². The summed E-state index contributed by atoms with van der Waals surface area (Å²) in [6, 6.07) is 15.0. The summed E-state index contributed by atoms with van der Waals surface area (Å²) in [4.78, 5) is 11.9. The number of benzene rings is 2. The van der Waals surface area contributed by atoms with Crippen LogP contribution in [0, 0.1) is 0 Å². The van der Waals surface area contributed by atoms with Crippen molar-refractivity contribution in [3.8, 4) is 17.2 Å². The molecule has 0 bridgehead atoms. The molecule has 22 heavy (non-hydrogen) atoms. The lowest BCUT2D eigenvalue weighted by Crippen LogP contribution is -2.31. The quantitative estimate of drug-likeness (QED) is 0.922. The predicted molar refractivity (Wildman–Crippen MR) is 81.1 cm³/mol. The Labute approximate surface area is 128 Å². The highest BCUT2D eigenvalue weighted by Gasteiger charge is 2.15. The van der Waals surface area contributed by atoms with Crippen LogP contribution in [0.25, 0.3) is 0 Å². The molecule has 2 aromatic carbocycles. The maximum atomic E-state index is 11.9. The Morgan fingerprint density at radius 2 is 1.95 bits per heavy atom. The molecule has 5 nitrogen and oxygen atoms in total. The normalized spacial score (nSPS) is 13.5. The van der Waals surface area contributed by atoms with E-state index in [-0.39, 0.29) is 25.3 Å². The highest BCUT2D eigenvalue weighted by molar-refractivity contribution is 5.78. The van der Waals surface area contributed by atoms with Gasteiger partial charge in [0.2, 0.25) is 6.79 Å². The number of ether oxygens (including phenoxy) is 3. The van der Waals surface area contributed by atoms with Crippen molar-refractivity contribution in [3.63, 3.8) is 0 Å². The Morgan fingerprint density at radius 3 is 2.77 bits per heavy atom. The molecule has 0 radical (unpaired) electrons. The van der Waals surface area contributed by atoms with E-state index in [1.165, 1.54) is 0 Å². The van der Waals surface area contributed by atoms with Crippen LogP contribution in [-0.2, 0) is 4.79 Å². The summed E-state index contributed by atoms with van der Waals surface area (Å²) in [6.45, 7) is 2.11. The number of carbonyl (C=O) groups is 1. The van der Waals surface area contributed by atoms with Gasteiger partial charge in [0.1, 0.15) is 5.75 Å². The SMILES string of the molecule is CC(NC(=O)COc1ccc2c(c1)OCO2)c1ccccc1. The second-order valence-corrected chi connectivity index (χ2v) is 5.00. The van der Waals surface area contributed by atoms with Crippen LogP contribution in [0.4, 0.5) is 0 Å². The lowest BCUT2D eigenvalue weighted by atomic mass is 10.1. The summed E-state index contributed by atoms with van der Waals surface area (Å²) in [6.07, 6.45) is 0. The summed E-state index contributed by atoms with van der Waals surface area (Å²) in [5, 5.41) is 2.90. The van der Waals surface area contributed by atoms with Crippen LogP contribution in [0.2, 0.25) is 0 Å². The van der Waals surface area contributed by atoms with Gasteiger partial charge in [-0.15, -0.1) is 0 Å². The zero-order valence-corrected chi connectivity index (χ0v) is 12.2. The van der Waals surface area contributed by atoms with Crippen LogP contribution in [0.1, 0.15) is 18.5 Å². The number of amides is 1. The predicted octanol–water partition coefficient (Wildman–Crippen LogP) is 2.67. The zero-order chi connectivity index (χ0) is 15.4. The maximum Gasteiger partial charge on any atom is 0.258 e. The maximum absolute atomic E-state index is 11.9. The van der Waals surface area contributed by atoms with Crippen molar-refractivity contribution in [1.82, 2.24) is 5.32 Å². The first-order valence-corrected chi connectivity index (χ1v) is 7.09. The van der Waals surface area contributed by atoms with E-state index in [9.17, 15) is 4.79 Å². The van der Waals surface area contributed by atoms with Gasteiger partial charge in [0.15, 0.2) is 18.1 Å². The average molecular weight is 299 g/mol. The lowest BCUT2D eigenvalue weighted by Gasteiger charge is -2.14. The summed E-state index contributed by atoms with van der Waals surface area (Å²) in [7, 11) is 0. The summed E-state index contributed by atoms with van der Waals surface area (Å²) in [5.41, 5.74) is 1.05. The first kappa shape index (κ1) is 14.3. The molecular weight excluding hydrogens is 282 g/mol.